The summed E-state index contributed by atoms with van der Waals surface area (Å²) in [5, 5.41) is 0. The zero-order valence-electron chi connectivity index (χ0n) is 21.8. The van der Waals surface area contributed by atoms with E-state index in [1.807, 2.05) is 16.7 Å². The molecular formula is C30H41N3O3. The number of hydrogen-bond acceptors (Lipinski definition) is 4. The maximum absolute atomic E-state index is 13.3. The monoisotopic (exact) mass is 491 g/mol. The van der Waals surface area contributed by atoms with Gasteiger partial charge in [0.05, 0.1) is 6.61 Å². The molecule has 2 aliphatic carbocycles. The molecule has 194 valence electrons. The third-order valence-electron chi connectivity index (χ3n) is 9.89. The van der Waals surface area contributed by atoms with E-state index >= 15 is 0 Å². The molecule has 0 radical (unpaired) electrons. The summed E-state index contributed by atoms with van der Waals surface area (Å²) in [7, 11) is 0. The van der Waals surface area contributed by atoms with Gasteiger partial charge in [-0.05, 0) is 94.8 Å². The number of fused-ring (bicyclic) bond motifs is 3. The highest BCUT2D eigenvalue weighted by Crippen LogP contribution is 2.48. The zero-order valence-corrected chi connectivity index (χ0v) is 21.8. The van der Waals surface area contributed by atoms with Gasteiger partial charge in [0.2, 0.25) is 0 Å². The van der Waals surface area contributed by atoms with E-state index in [1.54, 1.807) is 0 Å². The molecule has 0 N–H and O–H groups in total. The summed E-state index contributed by atoms with van der Waals surface area (Å²) in [6, 6.07) is 9.62. The van der Waals surface area contributed by atoms with E-state index in [0.717, 1.165) is 83.2 Å². The van der Waals surface area contributed by atoms with Crippen LogP contribution in [0.25, 0.3) is 5.57 Å². The summed E-state index contributed by atoms with van der Waals surface area (Å²) in [5.41, 5.74) is 3.64. The highest BCUT2D eigenvalue weighted by atomic mass is 16.6. The molecule has 1 saturated carbocycles. The quantitative estimate of drug-likeness (QED) is 0.608. The van der Waals surface area contributed by atoms with E-state index in [-0.39, 0.29) is 17.4 Å². The zero-order chi connectivity index (χ0) is 24.7. The van der Waals surface area contributed by atoms with Crippen LogP contribution in [0.2, 0.25) is 0 Å². The molecule has 0 bridgehead atoms. The lowest BCUT2D eigenvalue weighted by molar-refractivity contribution is -0.124. The first kappa shape index (κ1) is 24.0. The second-order valence-electron chi connectivity index (χ2n) is 11.7. The van der Waals surface area contributed by atoms with E-state index in [9.17, 15) is 9.59 Å². The summed E-state index contributed by atoms with van der Waals surface area (Å²) in [5.74, 6) is 0.841. The number of rotatable bonds is 3. The normalized spacial score (nSPS) is 29.6. The first-order valence-corrected chi connectivity index (χ1v) is 14.4. The summed E-state index contributed by atoms with van der Waals surface area (Å²) >= 11 is 0. The minimum absolute atomic E-state index is 0.115. The molecule has 1 aromatic carbocycles. The number of amides is 2. The fraction of sp³-hybridized carbons (Fsp3) is 0.667. The number of ether oxygens (including phenoxy) is 1. The Kier molecular flexibility index (Phi) is 6.57. The Morgan fingerprint density at radius 3 is 2.56 bits per heavy atom. The Hall–Kier alpha value is -2.34. The number of carbonyl (C=O) groups excluding carboxylic acids is 2. The molecule has 36 heavy (non-hydrogen) atoms. The number of nitrogens with zero attached hydrogens (tertiary/aromatic N) is 3. The lowest BCUT2D eigenvalue weighted by Crippen LogP contribution is -2.48. The van der Waals surface area contributed by atoms with Crippen LogP contribution in [0.5, 0.6) is 0 Å². The third-order valence-corrected chi connectivity index (χ3v) is 9.89. The number of allylic oxidation sites excluding steroid dienone is 1. The average Bonchev–Trinajstić information content (AvgIpc) is 3.60. The molecule has 3 atom stereocenters. The minimum Gasteiger partial charge on any atom is -0.450 e. The van der Waals surface area contributed by atoms with Gasteiger partial charge in [-0.1, -0.05) is 30.3 Å². The van der Waals surface area contributed by atoms with Crippen LogP contribution in [0.3, 0.4) is 0 Å². The fourth-order valence-corrected chi connectivity index (χ4v) is 7.97. The molecule has 1 aromatic rings. The van der Waals surface area contributed by atoms with E-state index in [1.165, 1.54) is 24.0 Å². The van der Waals surface area contributed by atoms with Gasteiger partial charge in [-0.15, -0.1) is 0 Å². The van der Waals surface area contributed by atoms with E-state index in [2.05, 4.69) is 35.2 Å². The Labute approximate surface area is 215 Å². The van der Waals surface area contributed by atoms with Gasteiger partial charge < -0.3 is 19.4 Å². The van der Waals surface area contributed by atoms with Gasteiger partial charge >= 0.3 is 6.09 Å². The molecule has 6 heteroatoms. The summed E-state index contributed by atoms with van der Waals surface area (Å²) in [6.45, 7) is 7.18. The first-order chi connectivity index (χ1) is 17.6. The van der Waals surface area contributed by atoms with E-state index in [4.69, 9.17) is 4.74 Å². The maximum atomic E-state index is 13.3. The van der Waals surface area contributed by atoms with Crippen molar-refractivity contribution in [2.45, 2.75) is 82.2 Å². The van der Waals surface area contributed by atoms with Crippen molar-refractivity contribution in [3.05, 3.63) is 41.5 Å². The van der Waals surface area contributed by atoms with Crippen molar-refractivity contribution in [3.8, 4) is 0 Å². The molecule has 0 aromatic heterocycles. The van der Waals surface area contributed by atoms with Crippen molar-refractivity contribution >= 4 is 17.6 Å². The van der Waals surface area contributed by atoms with Crippen LogP contribution in [0.1, 0.15) is 75.8 Å². The van der Waals surface area contributed by atoms with Crippen molar-refractivity contribution in [2.75, 3.05) is 39.3 Å². The van der Waals surface area contributed by atoms with Crippen molar-refractivity contribution in [2.24, 2.45) is 5.92 Å². The second-order valence-corrected chi connectivity index (χ2v) is 11.7. The summed E-state index contributed by atoms with van der Waals surface area (Å²) < 4.78 is 5.38. The second kappa shape index (κ2) is 9.85. The molecule has 3 heterocycles. The molecule has 2 amide bonds. The van der Waals surface area contributed by atoms with Gasteiger partial charge in [-0.2, -0.15) is 0 Å². The first-order valence-electron chi connectivity index (χ1n) is 14.4. The van der Waals surface area contributed by atoms with Crippen LogP contribution >= 0.6 is 0 Å². The molecule has 5 aliphatic rings. The van der Waals surface area contributed by atoms with Gasteiger partial charge in [0.25, 0.3) is 5.91 Å². The smallest absolute Gasteiger partial charge is 0.410 e. The van der Waals surface area contributed by atoms with Crippen LogP contribution < -0.4 is 0 Å². The fourth-order valence-electron chi connectivity index (χ4n) is 7.97. The van der Waals surface area contributed by atoms with Gasteiger partial charge in [0.1, 0.15) is 0 Å². The van der Waals surface area contributed by atoms with Crippen molar-refractivity contribution in [1.29, 1.82) is 0 Å². The maximum Gasteiger partial charge on any atom is 0.410 e. The molecule has 6 rings (SSSR count). The van der Waals surface area contributed by atoms with Crippen LogP contribution in [0.15, 0.2) is 30.3 Å². The standard InChI is InChI=1S/C30H41N3O3/c1-2-36-29(35)33-17-7-8-22-20-23(21-27(22)33)31-18-13-30(14-19-31)12-11-25(24-9-3-4-10-26(24)30)28(34)32-15-5-6-16-32/h3-4,9-11,22-23,27H,2,5-8,12-21H2,1H3. The number of likely N-dealkylation sites (tertiary alicyclic amines) is 3. The number of hydrogen-bond donors (Lipinski definition) is 0. The Bertz CT molecular complexity index is 1020. The minimum atomic E-state index is -0.115. The lowest BCUT2D eigenvalue weighted by Gasteiger charge is -2.46. The Morgan fingerprint density at radius 1 is 1.00 bits per heavy atom. The number of piperidine rings is 2. The average molecular weight is 492 g/mol. The molecular weight excluding hydrogens is 450 g/mol. The number of carbonyl (C=O) groups is 2. The Balaban J connectivity index is 1.15. The van der Waals surface area contributed by atoms with Crippen molar-refractivity contribution in [3.63, 3.8) is 0 Å². The molecule has 3 unspecified atom stereocenters. The third kappa shape index (κ3) is 4.15. The predicted molar refractivity (Wildman–Crippen MR) is 141 cm³/mol. The highest BCUT2D eigenvalue weighted by Gasteiger charge is 2.47. The largest absolute Gasteiger partial charge is 0.450 e. The van der Waals surface area contributed by atoms with Crippen LogP contribution in [-0.4, -0.2) is 78.1 Å². The lowest BCUT2D eigenvalue weighted by atomic mass is 9.65. The Morgan fingerprint density at radius 2 is 1.78 bits per heavy atom. The molecule has 3 aliphatic heterocycles. The topological polar surface area (TPSA) is 53.1 Å². The van der Waals surface area contributed by atoms with Gasteiger partial charge in [0, 0.05) is 42.7 Å². The van der Waals surface area contributed by atoms with Crippen LogP contribution in [0, 0.1) is 5.92 Å². The molecule has 1 spiro atoms. The van der Waals surface area contributed by atoms with Gasteiger partial charge in [-0.25, -0.2) is 4.79 Å². The van der Waals surface area contributed by atoms with E-state index in [0.29, 0.717) is 24.6 Å². The summed E-state index contributed by atoms with van der Waals surface area (Å²) in [6.07, 6.45) is 12.3. The van der Waals surface area contributed by atoms with E-state index < -0.39 is 0 Å². The van der Waals surface area contributed by atoms with Gasteiger partial charge in [-0.3, -0.25) is 4.79 Å². The highest BCUT2D eigenvalue weighted by molar-refractivity contribution is 6.20. The van der Waals surface area contributed by atoms with Crippen LogP contribution in [0.4, 0.5) is 4.79 Å². The molecule has 4 fully saturated rings. The van der Waals surface area contributed by atoms with Crippen LogP contribution in [-0.2, 0) is 14.9 Å². The van der Waals surface area contributed by atoms with Crippen molar-refractivity contribution < 1.29 is 14.3 Å². The molecule has 6 nitrogen and oxygen atoms in total. The summed E-state index contributed by atoms with van der Waals surface area (Å²) in [4.78, 5) is 32.7. The SMILES string of the molecule is CCOC(=O)N1CCCC2CC(N3CCC4(CC=C(C(=O)N5CCCC5)c5ccccc54)CC3)CC21. The van der Waals surface area contributed by atoms with Crippen molar-refractivity contribution in [1.82, 2.24) is 14.7 Å². The predicted octanol–water partition coefficient (Wildman–Crippen LogP) is 4.83. The number of benzene rings is 1. The molecule has 3 saturated heterocycles. The van der Waals surface area contributed by atoms with Gasteiger partial charge in [0.15, 0.2) is 0 Å².